The fraction of sp³-hybridized carbons (Fsp3) is 0.200. The first kappa shape index (κ1) is 8.72. The second kappa shape index (κ2) is 3.23. The molecular formula is C15H14. The van der Waals surface area contributed by atoms with E-state index >= 15 is 0 Å². The number of fused-ring (bicyclic) bond motifs is 2. The minimum absolute atomic E-state index is 0.601. The monoisotopic (exact) mass is 194 g/mol. The summed E-state index contributed by atoms with van der Waals surface area (Å²) in [5.74, 6) is 0.601. The summed E-state index contributed by atoms with van der Waals surface area (Å²) in [5, 5.41) is 0. The van der Waals surface area contributed by atoms with E-state index < -0.39 is 0 Å². The van der Waals surface area contributed by atoms with Gasteiger partial charge in [0.15, 0.2) is 0 Å². The van der Waals surface area contributed by atoms with Gasteiger partial charge in [0.25, 0.3) is 0 Å². The van der Waals surface area contributed by atoms with Gasteiger partial charge in [0.1, 0.15) is 0 Å². The van der Waals surface area contributed by atoms with Gasteiger partial charge in [0, 0.05) is 5.92 Å². The molecule has 0 fully saturated rings. The predicted molar refractivity (Wildman–Crippen MR) is 64.6 cm³/mol. The highest BCUT2D eigenvalue weighted by atomic mass is 14.2. The Balaban J connectivity index is 2.16. The summed E-state index contributed by atoms with van der Waals surface area (Å²) in [6.45, 7) is 2.21. The molecule has 2 aliphatic rings. The van der Waals surface area contributed by atoms with Gasteiger partial charge < -0.3 is 0 Å². The van der Waals surface area contributed by atoms with E-state index in [1.807, 2.05) is 0 Å². The van der Waals surface area contributed by atoms with E-state index in [0.717, 1.165) is 6.42 Å². The zero-order valence-corrected chi connectivity index (χ0v) is 8.90. The molecule has 0 aliphatic heterocycles. The quantitative estimate of drug-likeness (QED) is 0.591. The number of hydrogen-bond acceptors (Lipinski definition) is 0. The van der Waals surface area contributed by atoms with Crippen molar-refractivity contribution in [3.63, 3.8) is 0 Å². The molecule has 1 aromatic carbocycles. The number of allylic oxidation sites excluding steroid dienone is 5. The summed E-state index contributed by atoms with van der Waals surface area (Å²) in [6.07, 6.45) is 12.3. The van der Waals surface area contributed by atoms with Crippen LogP contribution in [0, 0.1) is 12.8 Å². The second-order valence-electron chi connectivity index (χ2n) is 4.34. The number of rotatable bonds is 0. The molecule has 0 spiro atoms. The fourth-order valence-corrected chi connectivity index (χ4v) is 2.48. The maximum absolute atomic E-state index is 2.33. The van der Waals surface area contributed by atoms with E-state index in [0.29, 0.717) is 5.92 Å². The Bertz CT molecular complexity index is 487. The van der Waals surface area contributed by atoms with Gasteiger partial charge in [-0.15, -0.1) is 0 Å². The van der Waals surface area contributed by atoms with Crippen LogP contribution in [-0.4, -0.2) is 0 Å². The van der Waals surface area contributed by atoms with Gasteiger partial charge in [-0.05, 0) is 35.6 Å². The maximum Gasteiger partial charge on any atom is 0.00620 e. The lowest BCUT2D eigenvalue weighted by atomic mass is 9.80. The average Bonchev–Trinajstić information content (AvgIpc) is 2.27. The molecule has 0 heterocycles. The normalized spacial score (nSPS) is 21.9. The Morgan fingerprint density at radius 2 is 2.13 bits per heavy atom. The predicted octanol–water partition coefficient (Wildman–Crippen LogP) is 3.68. The van der Waals surface area contributed by atoms with Crippen LogP contribution in [0.3, 0.4) is 0 Å². The smallest absolute Gasteiger partial charge is 0.00620 e. The SMILES string of the molecule is Cc1cccc2c1CC1C=CC=CC1=C2. The zero-order chi connectivity index (χ0) is 10.3. The van der Waals surface area contributed by atoms with Crippen LogP contribution in [0.15, 0.2) is 48.1 Å². The highest BCUT2D eigenvalue weighted by Crippen LogP contribution is 2.33. The summed E-state index contributed by atoms with van der Waals surface area (Å²) in [7, 11) is 0. The van der Waals surface area contributed by atoms with Gasteiger partial charge >= 0.3 is 0 Å². The van der Waals surface area contributed by atoms with Crippen molar-refractivity contribution in [2.45, 2.75) is 13.3 Å². The van der Waals surface area contributed by atoms with Crippen molar-refractivity contribution < 1.29 is 0 Å². The Morgan fingerprint density at radius 3 is 3.07 bits per heavy atom. The molecule has 74 valence electrons. The van der Waals surface area contributed by atoms with E-state index in [-0.39, 0.29) is 0 Å². The molecule has 3 rings (SSSR count). The molecule has 1 unspecified atom stereocenters. The Kier molecular flexibility index (Phi) is 1.88. The van der Waals surface area contributed by atoms with Crippen molar-refractivity contribution in [2.75, 3.05) is 0 Å². The van der Waals surface area contributed by atoms with Gasteiger partial charge in [-0.3, -0.25) is 0 Å². The van der Waals surface area contributed by atoms with Crippen molar-refractivity contribution in [1.29, 1.82) is 0 Å². The standard InChI is InChI=1S/C15H14/c1-11-5-4-8-14-9-12-6-2-3-7-13(12)10-15(11)14/h2-9,13H,10H2,1H3. The summed E-state index contributed by atoms with van der Waals surface area (Å²) < 4.78 is 0. The van der Waals surface area contributed by atoms with Crippen LogP contribution in [0.25, 0.3) is 6.08 Å². The van der Waals surface area contributed by atoms with Crippen LogP contribution in [0.4, 0.5) is 0 Å². The van der Waals surface area contributed by atoms with Gasteiger partial charge in [-0.2, -0.15) is 0 Å². The van der Waals surface area contributed by atoms with Gasteiger partial charge in [-0.1, -0.05) is 48.6 Å². The average molecular weight is 194 g/mol. The molecule has 0 radical (unpaired) electrons. The molecule has 0 heteroatoms. The largest absolute Gasteiger partial charge is 0.0767 e. The molecule has 0 bridgehead atoms. The lowest BCUT2D eigenvalue weighted by Crippen LogP contribution is -2.12. The lowest BCUT2D eigenvalue weighted by molar-refractivity contribution is 0.754. The molecule has 1 aromatic rings. The van der Waals surface area contributed by atoms with E-state index in [1.165, 1.54) is 22.3 Å². The van der Waals surface area contributed by atoms with Crippen molar-refractivity contribution in [2.24, 2.45) is 5.92 Å². The molecular weight excluding hydrogens is 180 g/mol. The van der Waals surface area contributed by atoms with Crippen molar-refractivity contribution >= 4 is 6.08 Å². The van der Waals surface area contributed by atoms with Crippen LogP contribution >= 0.6 is 0 Å². The molecule has 2 aliphatic carbocycles. The summed E-state index contributed by atoms with van der Waals surface area (Å²) >= 11 is 0. The maximum atomic E-state index is 2.33. The fourth-order valence-electron chi connectivity index (χ4n) is 2.48. The minimum Gasteiger partial charge on any atom is -0.0767 e. The third-order valence-corrected chi connectivity index (χ3v) is 3.36. The van der Waals surface area contributed by atoms with Crippen molar-refractivity contribution in [3.8, 4) is 0 Å². The van der Waals surface area contributed by atoms with E-state index in [2.05, 4.69) is 55.5 Å². The van der Waals surface area contributed by atoms with E-state index in [9.17, 15) is 0 Å². The second-order valence-corrected chi connectivity index (χ2v) is 4.34. The highest BCUT2D eigenvalue weighted by molar-refractivity contribution is 5.65. The first-order chi connectivity index (χ1) is 7.34. The molecule has 0 aromatic heterocycles. The zero-order valence-electron chi connectivity index (χ0n) is 8.90. The summed E-state index contributed by atoms with van der Waals surface area (Å²) in [6, 6.07) is 6.58. The van der Waals surface area contributed by atoms with Crippen LogP contribution in [0.1, 0.15) is 16.7 Å². The molecule has 0 N–H and O–H groups in total. The van der Waals surface area contributed by atoms with E-state index in [1.54, 1.807) is 0 Å². The molecule has 0 saturated carbocycles. The summed E-state index contributed by atoms with van der Waals surface area (Å²) in [5.41, 5.74) is 5.80. The third-order valence-electron chi connectivity index (χ3n) is 3.36. The first-order valence-electron chi connectivity index (χ1n) is 5.49. The molecule has 0 saturated heterocycles. The van der Waals surface area contributed by atoms with Gasteiger partial charge in [-0.25, -0.2) is 0 Å². The molecule has 0 amide bonds. The number of aryl methyl sites for hydroxylation is 1. The number of hydrogen-bond donors (Lipinski definition) is 0. The Hall–Kier alpha value is -1.56. The molecule has 0 nitrogen and oxygen atoms in total. The highest BCUT2D eigenvalue weighted by Gasteiger charge is 2.19. The van der Waals surface area contributed by atoms with Crippen molar-refractivity contribution in [1.82, 2.24) is 0 Å². The van der Waals surface area contributed by atoms with Crippen LogP contribution in [-0.2, 0) is 6.42 Å². The van der Waals surface area contributed by atoms with Gasteiger partial charge in [0.2, 0.25) is 0 Å². The third kappa shape index (κ3) is 1.37. The molecule has 1 atom stereocenters. The van der Waals surface area contributed by atoms with Crippen LogP contribution in [0.2, 0.25) is 0 Å². The van der Waals surface area contributed by atoms with Crippen LogP contribution in [0.5, 0.6) is 0 Å². The van der Waals surface area contributed by atoms with Crippen molar-refractivity contribution in [3.05, 3.63) is 64.8 Å². The summed E-state index contributed by atoms with van der Waals surface area (Å²) in [4.78, 5) is 0. The minimum atomic E-state index is 0.601. The topological polar surface area (TPSA) is 0 Å². The number of benzene rings is 1. The Labute approximate surface area is 90.6 Å². The molecule has 15 heavy (non-hydrogen) atoms. The van der Waals surface area contributed by atoms with Gasteiger partial charge in [0.05, 0.1) is 0 Å². The first-order valence-corrected chi connectivity index (χ1v) is 5.49. The van der Waals surface area contributed by atoms with Crippen LogP contribution < -0.4 is 0 Å². The van der Waals surface area contributed by atoms with E-state index in [4.69, 9.17) is 0 Å². The Morgan fingerprint density at radius 1 is 1.20 bits per heavy atom. The lowest BCUT2D eigenvalue weighted by Gasteiger charge is -2.24.